The Hall–Kier alpha value is -4.34. The Morgan fingerprint density at radius 1 is 1.00 bits per heavy atom. The van der Waals surface area contributed by atoms with Crippen molar-refractivity contribution in [3.8, 4) is 0 Å². The number of alkyl carbamates (subject to hydrolysis) is 1. The molecule has 10 nitrogen and oxygen atoms in total. The Labute approximate surface area is 221 Å². The minimum Gasteiger partial charge on any atom is -0.466 e. The Morgan fingerprint density at radius 2 is 1.74 bits per heavy atom. The highest BCUT2D eigenvalue weighted by molar-refractivity contribution is 5.94. The van der Waals surface area contributed by atoms with E-state index in [4.69, 9.17) is 9.47 Å². The zero-order valence-electron chi connectivity index (χ0n) is 22.1. The van der Waals surface area contributed by atoms with Crippen molar-refractivity contribution in [1.82, 2.24) is 15.0 Å². The SMILES string of the molecule is CCOC(=O)CC(NC(=O)c1ccc2cc(NCCNC(=O)OC(C)(C)C)ccn2c1=O)c1ccccc1. The molecule has 0 radical (unpaired) electrons. The second kappa shape index (κ2) is 12.8. The third-order valence-electron chi connectivity index (χ3n) is 5.41. The predicted molar refractivity (Wildman–Crippen MR) is 144 cm³/mol. The van der Waals surface area contributed by atoms with Crippen molar-refractivity contribution in [2.24, 2.45) is 0 Å². The van der Waals surface area contributed by atoms with Crippen LogP contribution >= 0.6 is 0 Å². The van der Waals surface area contributed by atoms with E-state index in [1.54, 1.807) is 64.2 Å². The maximum Gasteiger partial charge on any atom is 0.407 e. The lowest BCUT2D eigenvalue weighted by molar-refractivity contribution is -0.143. The molecule has 10 heteroatoms. The van der Waals surface area contributed by atoms with Crippen LogP contribution in [0.1, 0.15) is 56.1 Å². The number of anilines is 1. The van der Waals surface area contributed by atoms with Crippen molar-refractivity contribution in [1.29, 1.82) is 0 Å². The quantitative estimate of drug-likeness (QED) is 0.274. The van der Waals surface area contributed by atoms with E-state index in [-0.39, 0.29) is 18.6 Å². The van der Waals surface area contributed by atoms with Gasteiger partial charge in [-0.25, -0.2) is 4.79 Å². The van der Waals surface area contributed by atoms with Crippen molar-refractivity contribution in [2.75, 3.05) is 25.0 Å². The minimum atomic E-state index is -0.649. The second-order valence-corrected chi connectivity index (χ2v) is 9.56. The van der Waals surface area contributed by atoms with Gasteiger partial charge < -0.3 is 25.4 Å². The number of hydrogen-bond acceptors (Lipinski definition) is 7. The first-order valence-electron chi connectivity index (χ1n) is 12.4. The molecule has 0 saturated heterocycles. The normalized spacial score (nSPS) is 11.9. The van der Waals surface area contributed by atoms with Gasteiger partial charge >= 0.3 is 12.1 Å². The van der Waals surface area contributed by atoms with Gasteiger partial charge in [-0.3, -0.25) is 18.8 Å². The lowest BCUT2D eigenvalue weighted by Gasteiger charge is -2.19. The molecule has 3 aromatic rings. The summed E-state index contributed by atoms with van der Waals surface area (Å²) in [6.45, 7) is 8.12. The summed E-state index contributed by atoms with van der Waals surface area (Å²) in [7, 11) is 0. The standard InChI is InChI=1S/C28H34N4O6/c1-5-37-24(33)18-23(19-9-7-6-8-10-19)31-25(34)22-12-11-21-17-20(13-16-32(21)26(22)35)29-14-15-30-27(36)38-28(2,3)4/h6-13,16-17,23,29H,5,14-15,18H2,1-4H3,(H,30,36)(H,31,34). The van der Waals surface area contributed by atoms with E-state index in [9.17, 15) is 19.2 Å². The van der Waals surface area contributed by atoms with Gasteiger partial charge in [0.15, 0.2) is 0 Å². The maximum atomic E-state index is 13.1. The molecule has 0 aliphatic carbocycles. The number of carbonyl (C=O) groups is 3. The summed E-state index contributed by atoms with van der Waals surface area (Å²) >= 11 is 0. The van der Waals surface area contributed by atoms with Crippen LogP contribution in [0, 0.1) is 0 Å². The van der Waals surface area contributed by atoms with Crippen LogP contribution in [0.2, 0.25) is 0 Å². The number of nitrogens with zero attached hydrogens (tertiary/aromatic N) is 1. The van der Waals surface area contributed by atoms with Crippen molar-refractivity contribution in [2.45, 2.75) is 45.8 Å². The Balaban J connectivity index is 1.69. The molecule has 0 aliphatic heterocycles. The number of hydrogen-bond donors (Lipinski definition) is 3. The molecule has 0 fully saturated rings. The van der Waals surface area contributed by atoms with Crippen molar-refractivity contribution in [3.63, 3.8) is 0 Å². The molecule has 2 heterocycles. The maximum absolute atomic E-state index is 13.1. The van der Waals surface area contributed by atoms with E-state index < -0.39 is 35.2 Å². The smallest absolute Gasteiger partial charge is 0.407 e. The number of pyridine rings is 2. The van der Waals surface area contributed by atoms with Gasteiger partial charge in [0.2, 0.25) is 0 Å². The van der Waals surface area contributed by atoms with Crippen LogP contribution < -0.4 is 21.5 Å². The first kappa shape index (κ1) is 28.2. The Morgan fingerprint density at radius 3 is 2.42 bits per heavy atom. The van der Waals surface area contributed by atoms with E-state index >= 15 is 0 Å². The zero-order chi connectivity index (χ0) is 27.7. The number of ether oxygens (including phenoxy) is 2. The summed E-state index contributed by atoms with van der Waals surface area (Å²) in [4.78, 5) is 50.1. The van der Waals surface area contributed by atoms with Gasteiger partial charge in [-0.05, 0) is 57.5 Å². The molecule has 2 aromatic heterocycles. The molecule has 1 atom stereocenters. The molecule has 0 saturated carbocycles. The van der Waals surface area contributed by atoms with Gasteiger partial charge in [0, 0.05) is 25.0 Å². The molecule has 1 aromatic carbocycles. The molecule has 0 bridgehead atoms. The molecular weight excluding hydrogens is 488 g/mol. The summed E-state index contributed by atoms with van der Waals surface area (Å²) < 4.78 is 11.6. The number of carbonyl (C=O) groups excluding carboxylic acids is 3. The lowest BCUT2D eigenvalue weighted by atomic mass is 10.0. The highest BCUT2D eigenvalue weighted by Gasteiger charge is 2.22. The van der Waals surface area contributed by atoms with Crippen LogP contribution in [0.15, 0.2) is 65.6 Å². The molecule has 3 N–H and O–H groups in total. The number of rotatable bonds is 10. The van der Waals surface area contributed by atoms with Crippen LogP contribution in [-0.4, -0.2) is 47.7 Å². The molecule has 2 amide bonds. The molecule has 202 valence electrons. The first-order valence-corrected chi connectivity index (χ1v) is 12.4. The summed E-state index contributed by atoms with van der Waals surface area (Å²) in [5, 5.41) is 8.65. The minimum absolute atomic E-state index is 0.0467. The number of aromatic nitrogens is 1. The lowest BCUT2D eigenvalue weighted by Crippen LogP contribution is -2.35. The van der Waals surface area contributed by atoms with Crippen molar-refractivity contribution >= 4 is 29.2 Å². The van der Waals surface area contributed by atoms with Gasteiger partial charge in [0.25, 0.3) is 11.5 Å². The molecule has 0 aliphatic rings. The molecule has 0 spiro atoms. The van der Waals surface area contributed by atoms with Crippen molar-refractivity contribution < 1.29 is 23.9 Å². The summed E-state index contributed by atoms with van der Waals surface area (Å²) in [6, 6.07) is 15.0. The van der Waals surface area contributed by atoms with Crippen LogP contribution in [0.25, 0.3) is 5.52 Å². The van der Waals surface area contributed by atoms with Crippen LogP contribution in [0.4, 0.5) is 10.5 Å². The first-order chi connectivity index (χ1) is 18.1. The second-order valence-electron chi connectivity index (χ2n) is 9.56. The zero-order valence-corrected chi connectivity index (χ0v) is 22.1. The van der Waals surface area contributed by atoms with E-state index in [1.165, 1.54) is 10.5 Å². The van der Waals surface area contributed by atoms with Crippen LogP contribution in [-0.2, 0) is 14.3 Å². The number of fused-ring (bicyclic) bond motifs is 1. The van der Waals surface area contributed by atoms with Gasteiger partial charge in [0.05, 0.1) is 24.6 Å². The number of amides is 2. The van der Waals surface area contributed by atoms with E-state index in [0.29, 0.717) is 18.6 Å². The van der Waals surface area contributed by atoms with Crippen LogP contribution in [0.3, 0.4) is 0 Å². The van der Waals surface area contributed by atoms with Crippen molar-refractivity contribution in [3.05, 3.63) is 82.3 Å². The molecular formula is C28H34N4O6. The molecule has 1 unspecified atom stereocenters. The monoisotopic (exact) mass is 522 g/mol. The van der Waals surface area contributed by atoms with E-state index in [1.807, 2.05) is 18.2 Å². The number of benzene rings is 1. The molecule has 3 rings (SSSR count). The van der Waals surface area contributed by atoms with Gasteiger partial charge in [0.1, 0.15) is 11.2 Å². The number of esters is 1. The summed E-state index contributed by atoms with van der Waals surface area (Å²) in [5.74, 6) is -1.03. The fourth-order valence-electron chi connectivity index (χ4n) is 3.73. The van der Waals surface area contributed by atoms with Crippen LogP contribution in [0.5, 0.6) is 0 Å². The predicted octanol–water partition coefficient (Wildman–Crippen LogP) is 3.66. The average Bonchev–Trinajstić information content (AvgIpc) is 2.86. The third-order valence-corrected chi connectivity index (χ3v) is 5.41. The Kier molecular flexibility index (Phi) is 9.48. The Bertz CT molecular complexity index is 1330. The topological polar surface area (TPSA) is 127 Å². The number of nitrogens with one attached hydrogen (secondary N) is 3. The fraction of sp³-hybridized carbons (Fsp3) is 0.357. The molecule has 38 heavy (non-hydrogen) atoms. The largest absolute Gasteiger partial charge is 0.466 e. The summed E-state index contributed by atoms with van der Waals surface area (Å²) in [5.41, 5.74) is 0.957. The van der Waals surface area contributed by atoms with E-state index in [2.05, 4.69) is 16.0 Å². The fourth-order valence-corrected chi connectivity index (χ4v) is 3.73. The highest BCUT2D eigenvalue weighted by atomic mass is 16.6. The van der Waals surface area contributed by atoms with Gasteiger partial charge in [-0.1, -0.05) is 30.3 Å². The van der Waals surface area contributed by atoms with E-state index in [0.717, 1.165) is 11.3 Å². The van der Waals surface area contributed by atoms with Gasteiger partial charge in [-0.2, -0.15) is 0 Å². The summed E-state index contributed by atoms with van der Waals surface area (Å²) in [6.07, 6.45) is 1.02. The highest BCUT2D eigenvalue weighted by Crippen LogP contribution is 2.18. The van der Waals surface area contributed by atoms with Gasteiger partial charge in [-0.15, -0.1) is 0 Å². The average molecular weight is 523 g/mol. The third kappa shape index (κ3) is 8.09.